The molecule has 6 N–H and O–H groups in total. The molecule has 0 saturated carbocycles. The minimum atomic E-state index is -1.11. The minimum Gasteiger partial charge on any atom is -0.480 e. The molecule has 10 heteroatoms. The van der Waals surface area contributed by atoms with Gasteiger partial charge in [-0.25, -0.2) is 4.79 Å². The van der Waals surface area contributed by atoms with Gasteiger partial charge >= 0.3 is 5.97 Å². The number of carbonyl (C=O) groups excluding carboxylic acids is 3. The molecule has 0 aromatic heterocycles. The van der Waals surface area contributed by atoms with Gasteiger partial charge in [0.15, 0.2) is 0 Å². The molecule has 5 unspecified atom stereocenters. The summed E-state index contributed by atoms with van der Waals surface area (Å²) in [7, 11) is 0. The molecule has 0 aromatic rings. The molecule has 0 rings (SSSR count). The highest BCUT2D eigenvalue weighted by molar-refractivity contribution is 7.98. The van der Waals surface area contributed by atoms with E-state index in [-0.39, 0.29) is 24.2 Å². The van der Waals surface area contributed by atoms with Crippen LogP contribution in [0.4, 0.5) is 0 Å². The van der Waals surface area contributed by atoms with Crippen LogP contribution in [0.15, 0.2) is 0 Å². The van der Waals surface area contributed by atoms with Crippen LogP contribution in [-0.2, 0) is 19.2 Å². The average molecular weight is 489 g/mol. The number of aliphatic carboxylic acids is 1. The van der Waals surface area contributed by atoms with Crippen molar-refractivity contribution in [2.75, 3.05) is 12.0 Å². The van der Waals surface area contributed by atoms with E-state index in [1.165, 1.54) is 11.8 Å². The van der Waals surface area contributed by atoms with Gasteiger partial charge in [-0.05, 0) is 49.0 Å². The van der Waals surface area contributed by atoms with Gasteiger partial charge in [-0.2, -0.15) is 11.8 Å². The lowest BCUT2D eigenvalue weighted by Crippen LogP contribution is -2.59. The molecule has 0 heterocycles. The Balaban J connectivity index is 5.51. The molecule has 0 bridgehead atoms. The summed E-state index contributed by atoms with van der Waals surface area (Å²) in [5.74, 6) is -1.84. The number of hydrogen-bond acceptors (Lipinski definition) is 6. The molecule has 0 spiro atoms. The van der Waals surface area contributed by atoms with E-state index in [1.807, 2.05) is 47.8 Å². The molecule has 0 aliphatic rings. The van der Waals surface area contributed by atoms with Gasteiger partial charge in [-0.15, -0.1) is 0 Å². The summed E-state index contributed by atoms with van der Waals surface area (Å²) in [5, 5.41) is 17.5. The number of carboxylic acids is 1. The van der Waals surface area contributed by atoms with Gasteiger partial charge in [0.2, 0.25) is 17.7 Å². The number of amides is 3. The zero-order valence-corrected chi connectivity index (χ0v) is 22.0. The van der Waals surface area contributed by atoms with Gasteiger partial charge in [0.25, 0.3) is 0 Å². The molecule has 0 aliphatic carbocycles. The van der Waals surface area contributed by atoms with Crippen molar-refractivity contribution in [3.63, 3.8) is 0 Å². The predicted molar refractivity (Wildman–Crippen MR) is 133 cm³/mol. The third-order valence-electron chi connectivity index (χ3n) is 5.42. The second-order valence-corrected chi connectivity index (χ2v) is 10.5. The van der Waals surface area contributed by atoms with E-state index in [1.54, 1.807) is 0 Å². The van der Waals surface area contributed by atoms with Crippen LogP contribution in [0, 0.1) is 17.8 Å². The maximum absolute atomic E-state index is 13.1. The van der Waals surface area contributed by atoms with Crippen molar-refractivity contribution in [2.45, 2.75) is 91.4 Å². The fraction of sp³-hybridized carbons (Fsp3) is 0.826. The molecule has 0 aromatic carbocycles. The Kier molecular flexibility index (Phi) is 15.1. The molecule has 0 saturated heterocycles. The summed E-state index contributed by atoms with van der Waals surface area (Å²) in [6, 6.07) is -3.53. The largest absolute Gasteiger partial charge is 0.480 e. The van der Waals surface area contributed by atoms with Crippen molar-refractivity contribution in [3.05, 3.63) is 0 Å². The minimum absolute atomic E-state index is 0.0756. The van der Waals surface area contributed by atoms with Crippen LogP contribution in [0.5, 0.6) is 0 Å². The first-order chi connectivity index (χ1) is 15.3. The molecule has 0 fully saturated rings. The van der Waals surface area contributed by atoms with Gasteiger partial charge < -0.3 is 26.8 Å². The summed E-state index contributed by atoms with van der Waals surface area (Å²) >= 11 is 1.49. The zero-order valence-electron chi connectivity index (χ0n) is 21.1. The quantitative estimate of drug-likeness (QED) is 0.222. The Hall–Kier alpha value is -1.81. The van der Waals surface area contributed by atoms with Crippen LogP contribution in [-0.4, -0.2) is 65.0 Å². The van der Waals surface area contributed by atoms with Crippen LogP contribution < -0.4 is 21.7 Å². The average Bonchev–Trinajstić information content (AvgIpc) is 2.72. The Morgan fingerprint density at radius 3 is 1.85 bits per heavy atom. The lowest BCUT2D eigenvalue weighted by Gasteiger charge is -2.28. The number of thioether (sulfide) groups is 1. The van der Waals surface area contributed by atoms with E-state index in [0.29, 0.717) is 25.0 Å². The van der Waals surface area contributed by atoms with E-state index in [2.05, 4.69) is 16.0 Å². The molecule has 33 heavy (non-hydrogen) atoms. The van der Waals surface area contributed by atoms with Crippen LogP contribution in [0.3, 0.4) is 0 Å². The van der Waals surface area contributed by atoms with Crippen molar-refractivity contribution in [3.8, 4) is 0 Å². The first-order valence-electron chi connectivity index (χ1n) is 11.7. The topological polar surface area (TPSA) is 151 Å². The highest BCUT2D eigenvalue weighted by Crippen LogP contribution is 2.12. The van der Waals surface area contributed by atoms with E-state index < -0.39 is 47.9 Å². The number of carboxylic acid groups (broad SMARTS) is 1. The standard InChI is InChI=1S/C23H44N4O5S/c1-8-15(6)19(27-20(28)16(24)11-13(2)3)22(30)26-18(12-14(4)5)21(29)25-17(23(31)32)9-10-33-7/h13-19H,8-12,24H2,1-7H3,(H,25,29)(H,26,30)(H,27,28)(H,31,32). The highest BCUT2D eigenvalue weighted by Gasteiger charge is 2.32. The van der Waals surface area contributed by atoms with Crippen LogP contribution in [0.1, 0.15) is 67.2 Å². The smallest absolute Gasteiger partial charge is 0.326 e. The Morgan fingerprint density at radius 2 is 1.39 bits per heavy atom. The third-order valence-corrected chi connectivity index (χ3v) is 6.06. The summed E-state index contributed by atoms with van der Waals surface area (Å²) in [6.07, 6.45) is 3.60. The number of rotatable bonds is 16. The van der Waals surface area contributed by atoms with Gasteiger partial charge in [0.1, 0.15) is 18.1 Å². The van der Waals surface area contributed by atoms with Crippen molar-refractivity contribution in [2.24, 2.45) is 23.5 Å². The molecule has 0 radical (unpaired) electrons. The molecule has 5 atom stereocenters. The molecule has 3 amide bonds. The van der Waals surface area contributed by atoms with Crippen LogP contribution >= 0.6 is 11.8 Å². The van der Waals surface area contributed by atoms with Crippen molar-refractivity contribution < 1.29 is 24.3 Å². The first-order valence-corrected chi connectivity index (χ1v) is 13.1. The zero-order chi connectivity index (χ0) is 25.7. The van der Waals surface area contributed by atoms with Crippen molar-refractivity contribution in [1.82, 2.24) is 16.0 Å². The summed E-state index contributed by atoms with van der Waals surface area (Å²) in [4.78, 5) is 50.2. The predicted octanol–water partition coefficient (Wildman–Crippen LogP) is 1.74. The van der Waals surface area contributed by atoms with E-state index >= 15 is 0 Å². The number of nitrogens with two attached hydrogens (primary N) is 1. The molecular weight excluding hydrogens is 444 g/mol. The Morgan fingerprint density at radius 1 is 0.848 bits per heavy atom. The maximum Gasteiger partial charge on any atom is 0.326 e. The third kappa shape index (κ3) is 12.3. The van der Waals surface area contributed by atoms with Gasteiger partial charge in [-0.1, -0.05) is 48.0 Å². The number of nitrogens with one attached hydrogen (secondary N) is 3. The highest BCUT2D eigenvalue weighted by atomic mass is 32.2. The van der Waals surface area contributed by atoms with E-state index in [9.17, 15) is 24.3 Å². The number of carbonyl (C=O) groups is 4. The van der Waals surface area contributed by atoms with E-state index in [0.717, 1.165) is 0 Å². The summed E-state index contributed by atoms with van der Waals surface area (Å²) < 4.78 is 0. The Bertz CT molecular complexity index is 644. The molecule has 9 nitrogen and oxygen atoms in total. The molecule has 192 valence electrons. The van der Waals surface area contributed by atoms with Gasteiger partial charge in [-0.3, -0.25) is 14.4 Å². The monoisotopic (exact) mass is 488 g/mol. The maximum atomic E-state index is 13.1. The lowest BCUT2D eigenvalue weighted by atomic mass is 9.95. The second kappa shape index (κ2) is 15.9. The first kappa shape index (κ1) is 31.2. The lowest BCUT2D eigenvalue weighted by molar-refractivity contribution is -0.142. The fourth-order valence-electron chi connectivity index (χ4n) is 3.31. The van der Waals surface area contributed by atoms with Crippen molar-refractivity contribution in [1.29, 1.82) is 0 Å². The normalized spacial score (nSPS) is 15.9. The van der Waals surface area contributed by atoms with Crippen LogP contribution in [0.25, 0.3) is 0 Å². The summed E-state index contributed by atoms with van der Waals surface area (Å²) in [5.41, 5.74) is 5.98. The SMILES string of the molecule is CCC(C)C(NC(=O)C(N)CC(C)C)C(=O)NC(CC(C)C)C(=O)NC(CCSC)C(=O)O. The second-order valence-electron chi connectivity index (χ2n) is 9.48. The summed E-state index contributed by atoms with van der Waals surface area (Å²) in [6.45, 7) is 11.5. The fourth-order valence-corrected chi connectivity index (χ4v) is 3.78. The van der Waals surface area contributed by atoms with E-state index in [4.69, 9.17) is 5.73 Å². The Labute approximate surface area is 202 Å². The molecular formula is C23H44N4O5S. The van der Waals surface area contributed by atoms with Gasteiger partial charge in [0, 0.05) is 0 Å². The van der Waals surface area contributed by atoms with Crippen molar-refractivity contribution >= 4 is 35.5 Å². The number of hydrogen-bond donors (Lipinski definition) is 5. The molecule has 0 aliphatic heterocycles. The van der Waals surface area contributed by atoms with Gasteiger partial charge in [0.05, 0.1) is 6.04 Å². The van der Waals surface area contributed by atoms with Crippen LogP contribution in [0.2, 0.25) is 0 Å².